The van der Waals surface area contributed by atoms with E-state index in [9.17, 15) is 24.0 Å². The normalized spacial score (nSPS) is 21.2. The zero-order chi connectivity index (χ0) is 30.1. The molecule has 3 aliphatic rings. The molecule has 0 spiro atoms. The number of pyridine rings is 1. The minimum atomic E-state index is -0.861. The quantitative estimate of drug-likeness (QED) is 0.430. The van der Waals surface area contributed by atoms with Crippen LogP contribution < -0.4 is 25.4 Å². The van der Waals surface area contributed by atoms with E-state index in [1.807, 2.05) is 0 Å². The van der Waals surface area contributed by atoms with Gasteiger partial charge in [0.2, 0.25) is 17.7 Å². The van der Waals surface area contributed by atoms with E-state index in [-0.39, 0.29) is 61.8 Å². The van der Waals surface area contributed by atoms with Gasteiger partial charge in [0.15, 0.2) is 11.5 Å². The monoisotopic (exact) mass is 580 g/mol. The summed E-state index contributed by atoms with van der Waals surface area (Å²) in [6.07, 6.45) is 3.04. The number of carbonyl (C=O) groups excluding carboxylic acids is 5. The van der Waals surface area contributed by atoms with Crippen LogP contribution in [0, 0.1) is 0 Å². The summed E-state index contributed by atoms with van der Waals surface area (Å²) in [4.78, 5) is 72.0. The van der Waals surface area contributed by atoms with Gasteiger partial charge in [0.25, 0.3) is 11.8 Å². The fraction of sp³-hybridized carbons (Fsp3) is 0.448. The fourth-order valence-corrected chi connectivity index (χ4v) is 4.91. The van der Waals surface area contributed by atoms with Gasteiger partial charge in [0.1, 0.15) is 24.4 Å². The first-order chi connectivity index (χ1) is 20.3. The molecule has 13 nitrogen and oxygen atoms in total. The summed E-state index contributed by atoms with van der Waals surface area (Å²) in [6.45, 7) is 2.47. The van der Waals surface area contributed by atoms with Crippen LogP contribution in [-0.4, -0.2) is 103 Å². The topological polar surface area (TPSA) is 159 Å². The van der Waals surface area contributed by atoms with E-state index in [1.165, 1.54) is 29.2 Å². The predicted molar refractivity (Wildman–Crippen MR) is 151 cm³/mol. The van der Waals surface area contributed by atoms with Gasteiger partial charge in [0, 0.05) is 31.4 Å². The molecule has 1 aromatic heterocycles. The molecule has 0 aliphatic carbocycles. The van der Waals surface area contributed by atoms with Gasteiger partial charge in [-0.25, -0.2) is 0 Å². The zero-order valence-corrected chi connectivity index (χ0v) is 23.8. The van der Waals surface area contributed by atoms with Gasteiger partial charge in [-0.05, 0) is 56.5 Å². The molecule has 5 amide bonds. The molecule has 1 aromatic carbocycles. The number of benzene rings is 1. The van der Waals surface area contributed by atoms with Gasteiger partial charge in [-0.15, -0.1) is 0 Å². The highest BCUT2D eigenvalue weighted by Gasteiger charge is 2.36. The Kier molecular flexibility index (Phi) is 10.3. The number of ether oxygens (including phenoxy) is 2. The Labute approximate surface area is 243 Å². The number of nitrogens with one attached hydrogen (secondary N) is 3. The molecule has 3 N–H and O–H groups in total. The lowest BCUT2D eigenvalue weighted by molar-refractivity contribution is -0.139. The molecular formula is C29H36N6O7. The van der Waals surface area contributed by atoms with Gasteiger partial charge < -0.3 is 35.2 Å². The predicted octanol–water partition coefficient (Wildman–Crippen LogP) is 0.357. The molecular weight excluding hydrogens is 544 g/mol. The maximum absolute atomic E-state index is 13.2. The number of rotatable bonds is 2. The molecule has 2 aromatic rings. The Morgan fingerprint density at radius 3 is 2.64 bits per heavy atom. The third kappa shape index (κ3) is 7.53. The summed E-state index contributed by atoms with van der Waals surface area (Å²) < 4.78 is 11.1. The number of aromatic nitrogens is 1. The summed E-state index contributed by atoms with van der Waals surface area (Å²) in [6, 6.07) is 8.05. The van der Waals surface area contributed by atoms with E-state index in [0.29, 0.717) is 37.3 Å². The average Bonchev–Trinajstić information content (AvgIpc) is 3.50. The van der Waals surface area contributed by atoms with Crippen molar-refractivity contribution >= 4 is 29.5 Å². The van der Waals surface area contributed by atoms with Gasteiger partial charge >= 0.3 is 0 Å². The Hall–Kier alpha value is -4.68. The van der Waals surface area contributed by atoms with Crippen molar-refractivity contribution in [3.8, 4) is 11.5 Å². The van der Waals surface area contributed by atoms with Crippen LogP contribution in [0.5, 0.6) is 11.5 Å². The number of methoxy groups -OCH3 is 1. The molecule has 224 valence electrons. The third-order valence-corrected chi connectivity index (χ3v) is 7.07. The summed E-state index contributed by atoms with van der Waals surface area (Å²) >= 11 is 0. The maximum Gasteiger partial charge on any atom is 0.272 e. The second kappa shape index (κ2) is 14.3. The van der Waals surface area contributed by atoms with Gasteiger partial charge in [0.05, 0.1) is 20.2 Å². The highest BCUT2D eigenvalue weighted by atomic mass is 16.5. The van der Waals surface area contributed by atoms with Crippen molar-refractivity contribution in [1.82, 2.24) is 30.7 Å². The molecule has 5 rings (SSSR count). The van der Waals surface area contributed by atoms with Crippen LogP contribution >= 0.6 is 0 Å². The van der Waals surface area contributed by atoms with Crippen molar-refractivity contribution < 1.29 is 33.4 Å². The van der Waals surface area contributed by atoms with Crippen LogP contribution in [0.15, 0.2) is 42.6 Å². The van der Waals surface area contributed by atoms with E-state index < -0.39 is 23.9 Å². The van der Waals surface area contributed by atoms with Crippen LogP contribution in [0.3, 0.4) is 0 Å². The number of nitrogens with zero attached hydrogens (tertiary/aromatic N) is 3. The summed E-state index contributed by atoms with van der Waals surface area (Å²) in [5.74, 6) is -1.25. The average molecular weight is 581 g/mol. The SMILES string of the molecule is COc1cc2ccc1OCCNC(=O)CN(C(=O)c1ccccn1)CCCNC(=O)[C@H]1CCCN1C(=O)[C@H](C)NC2=O. The Balaban J connectivity index is 1.53. The smallest absolute Gasteiger partial charge is 0.272 e. The molecule has 0 radical (unpaired) electrons. The highest BCUT2D eigenvalue weighted by molar-refractivity contribution is 5.99. The number of fused-ring (bicyclic) bond motifs is 16. The van der Waals surface area contributed by atoms with E-state index in [4.69, 9.17) is 9.47 Å². The van der Waals surface area contributed by atoms with E-state index in [1.54, 1.807) is 37.3 Å². The molecule has 2 atom stereocenters. The second-order valence-corrected chi connectivity index (χ2v) is 10.0. The van der Waals surface area contributed by atoms with Crippen LogP contribution in [0.2, 0.25) is 0 Å². The van der Waals surface area contributed by atoms with Crippen LogP contribution in [-0.2, 0) is 14.4 Å². The molecule has 1 fully saturated rings. The van der Waals surface area contributed by atoms with Gasteiger partial charge in [-0.3, -0.25) is 29.0 Å². The number of amides is 5. The lowest BCUT2D eigenvalue weighted by Crippen LogP contribution is -2.52. The first kappa shape index (κ1) is 30.3. The molecule has 42 heavy (non-hydrogen) atoms. The summed E-state index contributed by atoms with van der Waals surface area (Å²) in [5, 5.41) is 8.30. The van der Waals surface area contributed by atoms with Crippen molar-refractivity contribution in [2.24, 2.45) is 0 Å². The minimum Gasteiger partial charge on any atom is -0.493 e. The zero-order valence-electron chi connectivity index (χ0n) is 23.8. The van der Waals surface area contributed by atoms with Crippen LogP contribution in [0.1, 0.15) is 47.0 Å². The summed E-state index contributed by atoms with van der Waals surface area (Å²) in [5.41, 5.74) is 0.471. The Morgan fingerprint density at radius 2 is 1.88 bits per heavy atom. The lowest BCUT2D eigenvalue weighted by Gasteiger charge is -2.27. The van der Waals surface area contributed by atoms with E-state index in [2.05, 4.69) is 20.9 Å². The molecule has 2 bridgehead atoms. The standard InChI is InChI=1S/C29H36N6O7/c1-19-28(39)35-15-5-8-22(35)27(38)32-12-6-14-34(29(40)21-7-3-4-11-30-21)18-25(36)31-13-16-42-23-10-9-20(26(37)33-19)17-24(23)41-2/h3-4,7,9-11,17,19,22H,5-6,8,12-16,18H2,1-2H3,(H,31,36)(H,32,38)(H,33,37)/t19-,22+/m0/s1. The molecule has 1 saturated heterocycles. The molecule has 0 saturated carbocycles. The van der Waals surface area contributed by atoms with Crippen molar-refractivity contribution in [1.29, 1.82) is 0 Å². The van der Waals surface area contributed by atoms with Crippen molar-refractivity contribution in [2.45, 2.75) is 38.3 Å². The van der Waals surface area contributed by atoms with E-state index >= 15 is 0 Å². The first-order valence-corrected chi connectivity index (χ1v) is 14.0. The maximum atomic E-state index is 13.2. The van der Waals surface area contributed by atoms with Crippen molar-refractivity contribution in [3.63, 3.8) is 0 Å². The Bertz CT molecular complexity index is 1300. The third-order valence-electron chi connectivity index (χ3n) is 7.07. The number of hydrogen-bond acceptors (Lipinski definition) is 8. The van der Waals surface area contributed by atoms with Crippen molar-refractivity contribution in [2.75, 3.05) is 46.4 Å². The van der Waals surface area contributed by atoms with E-state index in [0.717, 1.165) is 0 Å². The highest BCUT2D eigenvalue weighted by Crippen LogP contribution is 2.28. The van der Waals surface area contributed by atoms with Crippen LogP contribution in [0.25, 0.3) is 0 Å². The Morgan fingerprint density at radius 1 is 1.05 bits per heavy atom. The summed E-state index contributed by atoms with van der Waals surface area (Å²) in [7, 11) is 1.44. The van der Waals surface area contributed by atoms with Crippen molar-refractivity contribution in [3.05, 3.63) is 53.9 Å². The molecule has 3 aliphatic heterocycles. The lowest BCUT2D eigenvalue weighted by atomic mass is 10.1. The van der Waals surface area contributed by atoms with Gasteiger partial charge in [-0.1, -0.05) is 6.07 Å². The first-order valence-electron chi connectivity index (χ1n) is 14.0. The fourth-order valence-electron chi connectivity index (χ4n) is 4.91. The second-order valence-electron chi connectivity index (χ2n) is 10.0. The number of carbonyl (C=O) groups is 5. The molecule has 13 heteroatoms. The molecule has 0 unspecified atom stereocenters. The van der Waals surface area contributed by atoms with Gasteiger partial charge in [-0.2, -0.15) is 0 Å². The van der Waals surface area contributed by atoms with Crippen LogP contribution in [0.4, 0.5) is 0 Å². The minimum absolute atomic E-state index is 0.108. The largest absolute Gasteiger partial charge is 0.493 e. The number of hydrogen-bond donors (Lipinski definition) is 3. The molecule has 4 heterocycles.